The minimum absolute atomic E-state index is 0.156. The van der Waals surface area contributed by atoms with Crippen LogP contribution in [-0.4, -0.2) is 34.6 Å². The lowest BCUT2D eigenvalue weighted by atomic mass is 10.1. The quantitative estimate of drug-likeness (QED) is 0.449. The number of rotatable bonds is 10. The number of para-hydroxylation sites is 1. The molecule has 0 saturated carbocycles. The molecule has 3 aromatic rings. The molecule has 8 heteroatoms. The molecule has 0 heterocycles. The van der Waals surface area contributed by atoms with Gasteiger partial charge in [0.15, 0.2) is 6.61 Å². The van der Waals surface area contributed by atoms with Gasteiger partial charge in [0.1, 0.15) is 11.5 Å². The van der Waals surface area contributed by atoms with E-state index in [0.29, 0.717) is 23.8 Å². The SMILES string of the molecule is CCOc1ccc(S(=O)(=O)N(C)c2ccc(OCC(=O)Nc3c(C)cccc3CC)cc2)cc1. The highest BCUT2D eigenvalue weighted by molar-refractivity contribution is 7.92. The Bertz CT molecular complexity index is 1220. The molecule has 0 aliphatic carbocycles. The first-order valence-corrected chi connectivity index (χ1v) is 12.5. The van der Waals surface area contributed by atoms with Gasteiger partial charge in [-0.1, -0.05) is 25.1 Å². The standard InChI is InChI=1S/C26H30N2O5S/c1-5-20-9-7-8-19(3)26(20)27-25(29)18-33-23-12-10-21(11-13-23)28(4)34(30,31)24-16-14-22(15-17-24)32-6-2/h7-17H,5-6,18H2,1-4H3,(H,27,29). The predicted molar refractivity (Wildman–Crippen MR) is 134 cm³/mol. The first-order chi connectivity index (χ1) is 16.3. The Morgan fingerprint density at radius 2 is 1.53 bits per heavy atom. The fraction of sp³-hybridized carbons (Fsp3) is 0.269. The van der Waals surface area contributed by atoms with Crippen molar-refractivity contribution >= 4 is 27.3 Å². The molecule has 0 aliphatic rings. The normalized spacial score (nSPS) is 11.1. The molecule has 180 valence electrons. The number of ether oxygens (including phenoxy) is 2. The molecule has 0 unspecified atom stereocenters. The second kappa shape index (κ2) is 11.1. The van der Waals surface area contributed by atoms with Gasteiger partial charge in [0, 0.05) is 12.7 Å². The summed E-state index contributed by atoms with van der Waals surface area (Å²) in [6, 6.07) is 18.7. The van der Waals surface area contributed by atoms with Gasteiger partial charge in [0.25, 0.3) is 15.9 Å². The van der Waals surface area contributed by atoms with Crippen molar-refractivity contribution in [1.29, 1.82) is 0 Å². The number of sulfonamides is 1. The molecule has 1 N–H and O–H groups in total. The summed E-state index contributed by atoms with van der Waals surface area (Å²) in [6.07, 6.45) is 0.812. The molecule has 0 atom stereocenters. The van der Waals surface area contributed by atoms with Gasteiger partial charge in [-0.3, -0.25) is 9.10 Å². The number of benzene rings is 3. The first kappa shape index (κ1) is 25.1. The van der Waals surface area contributed by atoms with E-state index in [-0.39, 0.29) is 17.4 Å². The van der Waals surface area contributed by atoms with Crippen LogP contribution in [0.1, 0.15) is 25.0 Å². The molecule has 0 spiro atoms. The van der Waals surface area contributed by atoms with E-state index in [1.807, 2.05) is 39.0 Å². The molecule has 0 radical (unpaired) electrons. The van der Waals surface area contributed by atoms with Crippen molar-refractivity contribution in [2.24, 2.45) is 0 Å². The Kier molecular flexibility index (Phi) is 8.17. The fourth-order valence-electron chi connectivity index (χ4n) is 3.45. The number of carbonyl (C=O) groups is 1. The van der Waals surface area contributed by atoms with Crippen molar-refractivity contribution in [3.63, 3.8) is 0 Å². The largest absolute Gasteiger partial charge is 0.494 e. The van der Waals surface area contributed by atoms with Crippen LogP contribution in [0.15, 0.2) is 71.6 Å². The summed E-state index contributed by atoms with van der Waals surface area (Å²) in [4.78, 5) is 12.6. The molecule has 3 aromatic carbocycles. The zero-order valence-electron chi connectivity index (χ0n) is 19.9. The van der Waals surface area contributed by atoms with E-state index < -0.39 is 10.0 Å². The van der Waals surface area contributed by atoms with Crippen molar-refractivity contribution in [3.8, 4) is 11.5 Å². The summed E-state index contributed by atoms with van der Waals surface area (Å²) in [5.74, 6) is 0.817. The molecule has 34 heavy (non-hydrogen) atoms. The van der Waals surface area contributed by atoms with E-state index >= 15 is 0 Å². The van der Waals surface area contributed by atoms with Gasteiger partial charge in [0.05, 0.1) is 17.2 Å². The fourth-order valence-corrected chi connectivity index (χ4v) is 4.65. The minimum atomic E-state index is -3.73. The van der Waals surface area contributed by atoms with Crippen LogP contribution in [0, 0.1) is 6.92 Å². The van der Waals surface area contributed by atoms with E-state index in [0.717, 1.165) is 23.2 Å². The third kappa shape index (κ3) is 5.88. The minimum Gasteiger partial charge on any atom is -0.494 e. The number of hydrogen-bond acceptors (Lipinski definition) is 5. The average molecular weight is 483 g/mol. The van der Waals surface area contributed by atoms with Crippen LogP contribution < -0.4 is 19.1 Å². The molecule has 0 bridgehead atoms. The molecule has 0 saturated heterocycles. The van der Waals surface area contributed by atoms with Gasteiger partial charge in [-0.25, -0.2) is 8.42 Å². The maximum atomic E-state index is 13.0. The Morgan fingerprint density at radius 3 is 2.15 bits per heavy atom. The smallest absolute Gasteiger partial charge is 0.264 e. The number of carbonyl (C=O) groups excluding carboxylic acids is 1. The monoisotopic (exact) mass is 482 g/mol. The van der Waals surface area contributed by atoms with Crippen molar-refractivity contribution < 1.29 is 22.7 Å². The van der Waals surface area contributed by atoms with Crippen LogP contribution in [0.2, 0.25) is 0 Å². The lowest BCUT2D eigenvalue weighted by molar-refractivity contribution is -0.118. The summed E-state index contributed by atoms with van der Waals surface area (Å²) in [6.45, 7) is 6.21. The van der Waals surface area contributed by atoms with Crippen LogP contribution >= 0.6 is 0 Å². The van der Waals surface area contributed by atoms with Gasteiger partial charge in [-0.15, -0.1) is 0 Å². The number of amides is 1. The van der Waals surface area contributed by atoms with E-state index in [4.69, 9.17) is 9.47 Å². The lowest BCUT2D eigenvalue weighted by Crippen LogP contribution is -2.26. The van der Waals surface area contributed by atoms with Crippen LogP contribution in [0.25, 0.3) is 0 Å². The summed E-state index contributed by atoms with van der Waals surface area (Å²) in [5, 5.41) is 2.92. The highest BCUT2D eigenvalue weighted by Gasteiger charge is 2.21. The molecule has 0 aromatic heterocycles. The topological polar surface area (TPSA) is 84.9 Å². The maximum Gasteiger partial charge on any atom is 0.264 e. The Morgan fingerprint density at radius 1 is 0.912 bits per heavy atom. The molecule has 1 amide bonds. The van der Waals surface area contributed by atoms with Gasteiger partial charge >= 0.3 is 0 Å². The number of anilines is 2. The van der Waals surface area contributed by atoms with Gasteiger partial charge in [-0.2, -0.15) is 0 Å². The van der Waals surface area contributed by atoms with E-state index in [9.17, 15) is 13.2 Å². The lowest BCUT2D eigenvalue weighted by Gasteiger charge is -2.20. The highest BCUT2D eigenvalue weighted by atomic mass is 32.2. The summed E-state index contributed by atoms with van der Waals surface area (Å²) < 4.78 is 38.1. The van der Waals surface area contributed by atoms with Crippen LogP contribution in [0.4, 0.5) is 11.4 Å². The second-order valence-corrected chi connectivity index (χ2v) is 9.64. The molecule has 3 rings (SSSR count). The number of aryl methyl sites for hydroxylation is 2. The van der Waals surface area contributed by atoms with Crippen molar-refractivity contribution in [2.45, 2.75) is 32.1 Å². The third-order valence-corrected chi connectivity index (χ3v) is 7.17. The first-order valence-electron chi connectivity index (χ1n) is 11.1. The number of nitrogens with one attached hydrogen (secondary N) is 1. The van der Waals surface area contributed by atoms with Crippen molar-refractivity contribution in [1.82, 2.24) is 0 Å². The maximum absolute atomic E-state index is 13.0. The number of nitrogens with zero attached hydrogens (tertiary/aromatic N) is 1. The molecule has 0 fully saturated rings. The highest BCUT2D eigenvalue weighted by Crippen LogP contribution is 2.26. The van der Waals surface area contributed by atoms with Crippen LogP contribution in [0.3, 0.4) is 0 Å². The molecular weight excluding hydrogens is 452 g/mol. The van der Waals surface area contributed by atoms with E-state index in [2.05, 4.69) is 5.32 Å². The van der Waals surface area contributed by atoms with Crippen LogP contribution in [-0.2, 0) is 21.2 Å². The Labute approximate surface area is 201 Å². The van der Waals surface area contributed by atoms with E-state index in [1.54, 1.807) is 36.4 Å². The second-order valence-electron chi connectivity index (χ2n) is 7.67. The average Bonchev–Trinajstić information content (AvgIpc) is 2.84. The molecule has 0 aliphatic heterocycles. The summed E-state index contributed by atoms with van der Waals surface area (Å²) in [7, 11) is -2.25. The zero-order chi connectivity index (χ0) is 24.7. The zero-order valence-corrected chi connectivity index (χ0v) is 20.7. The predicted octanol–water partition coefficient (Wildman–Crippen LogP) is 4.80. The Hall–Kier alpha value is -3.52. The van der Waals surface area contributed by atoms with Crippen molar-refractivity contribution in [2.75, 3.05) is 29.9 Å². The Balaban J connectivity index is 1.62. The summed E-state index contributed by atoms with van der Waals surface area (Å²) in [5.41, 5.74) is 3.34. The van der Waals surface area contributed by atoms with E-state index in [1.165, 1.54) is 23.5 Å². The molecule has 7 nitrogen and oxygen atoms in total. The van der Waals surface area contributed by atoms with Gasteiger partial charge in [0.2, 0.25) is 0 Å². The summed E-state index contributed by atoms with van der Waals surface area (Å²) >= 11 is 0. The molecular formula is C26H30N2O5S. The van der Waals surface area contributed by atoms with Gasteiger partial charge in [-0.05, 0) is 79.9 Å². The van der Waals surface area contributed by atoms with Crippen LogP contribution in [0.5, 0.6) is 11.5 Å². The third-order valence-electron chi connectivity index (χ3n) is 5.37. The van der Waals surface area contributed by atoms with Gasteiger partial charge < -0.3 is 14.8 Å². The number of hydrogen-bond donors (Lipinski definition) is 1. The van der Waals surface area contributed by atoms with Crippen molar-refractivity contribution in [3.05, 3.63) is 77.9 Å².